The summed E-state index contributed by atoms with van der Waals surface area (Å²) in [5, 5.41) is 2.46. The second-order valence-electron chi connectivity index (χ2n) is 5.11. The highest BCUT2D eigenvalue weighted by Gasteiger charge is 2.18. The first-order chi connectivity index (χ1) is 11.6. The zero-order valence-electron chi connectivity index (χ0n) is 12.6. The molecule has 0 unspecified atom stereocenters. The lowest BCUT2D eigenvalue weighted by molar-refractivity contribution is -0.118. The van der Waals surface area contributed by atoms with E-state index in [-0.39, 0.29) is 12.3 Å². The van der Waals surface area contributed by atoms with Crippen LogP contribution in [0.3, 0.4) is 0 Å². The standard InChI is InChI=1S/C17H15F2NO2S2/c18-14-6-3-12(9-15(14)19)20-16(21)10-22-13-4-1-11(2-5-13)17-23-7-8-24-17/h1-6,9,17H,7-8,10H2,(H,20,21). The molecule has 3 nitrogen and oxygen atoms in total. The van der Waals surface area contributed by atoms with Gasteiger partial charge in [0.05, 0.1) is 4.58 Å². The van der Waals surface area contributed by atoms with Crippen LogP contribution >= 0.6 is 23.5 Å². The minimum atomic E-state index is -1.01. The van der Waals surface area contributed by atoms with Crippen LogP contribution in [0.25, 0.3) is 0 Å². The number of hydrogen-bond acceptors (Lipinski definition) is 4. The number of anilines is 1. The van der Waals surface area contributed by atoms with Gasteiger partial charge in [-0.05, 0) is 29.8 Å². The quantitative estimate of drug-likeness (QED) is 0.847. The highest BCUT2D eigenvalue weighted by atomic mass is 32.2. The van der Waals surface area contributed by atoms with Crippen molar-refractivity contribution >= 4 is 35.1 Å². The molecular weight excluding hydrogens is 352 g/mol. The van der Waals surface area contributed by atoms with E-state index in [2.05, 4.69) is 5.32 Å². The number of rotatable bonds is 5. The number of ether oxygens (including phenoxy) is 1. The summed E-state index contributed by atoms with van der Waals surface area (Å²) in [6.45, 7) is -0.203. The zero-order chi connectivity index (χ0) is 16.9. The molecule has 1 saturated heterocycles. The van der Waals surface area contributed by atoms with Crippen molar-refractivity contribution in [2.45, 2.75) is 4.58 Å². The van der Waals surface area contributed by atoms with Gasteiger partial charge in [0.2, 0.25) is 0 Å². The summed E-state index contributed by atoms with van der Waals surface area (Å²) >= 11 is 3.85. The van der Waals surface area contributed by atoms with E-state index >= 15 is 0 Å². The SMILES string of the molecule is O=C(COc1ccc(C2SCCS2)cc1)Nc1ccc(F)c(F)c1. The molecule has 0 aromatic heterocycles. The summed E-state index contributed by atoms with van der Waals surface area (Å²) in [6.07, 6.45) is 0. The molecule has 0 atom stereocenters. The Morgan fingerprint density at radius 2 is 1.79 bits per heavy atom. The minimum Gasteiger partial charge on any atom is -0.484 e. The smallest absolute Gasteiger partial charge is 0.262 e. The largest absolute Gasteiger partial charge is 0.484 e. The molecule has 1 aliphatic heterocycles. The van der Waals surface area contributed by atoms with Gasteiger partial charge in [-0.2, -0.15) is 0 Å². The first kappa shape index (κ1) is 17.1. The first-order valence-electron chi connectivity index (χ1n) is 7.33. The molecule has 24 heavy (non-hydrogen) atoms. The highest BCUT2D eigenvalue weighted by Crippen LogP contribution is 2.45. The lowest BCUT2D eigenvalue weighted by atomic mass is 10.2. The molecule has 1 fully saturated rings. The maximum Gasteiger partial charge on any atom is 0.262 e. The maximum absolute atomic E-state index is 13.1. The average molecular weight is 367 g/mol. The normalized spacial score (nSPS) is 14.6. The molecule has 1 amide bonds. The Labute approximate surface area is 147 Å². The van der Waals surface area contributed by atoms with Gasteiger partial charge in [-0.1, -0.05) is 12.1 Å². The van der Waals surface area contributed by atoms with Crippen molar-refractivity contribution in [3.63, 3.8) is 0 Å². The van der Waals surface area contributed by atoms with Gasteiger partial charge in [0.1, 0.15) is 5.75 Å². The van der Waals surface area contributed by atoms with Crippen molar-refractivity contribution in [3.05, 3.63) is 59.7 Å². The Bertz CT molecular complexity index is 719. The first-order valence-corrected chi connectivity index (χ1v) is 9.42. The molecule has 1 heterocycles. The van der Waals surface area contributed by atoms with E-state index in [4.69, 9.17) is 4.74 Å². The molecule has 0 spiro atoms. The molecule has 1 aliphatic rings. The van der Waals surface area contributed by atoms with Crippen LogP contribution in [0, 0.1) is 11.6 Å². The lowest BCUT2D eigenvalue weighted by Crippen LogP contribution is -2.20. The third-order valence-electron chi connectivity index (χ3n) is 3.35. The predicted molar refractivity (Wildman–Crippen MR) is 94.6 cm³/mol. The molecule has 0 aliphatic carbocycles. The summed E-state index contributed by atoms with van der Waals surface area (Å²) in [6, 6.07) is 10.8. The number of carbonyl (C=O) groups excluding carboxylic acids is 1. The van der Waals surface area contributed by atoms with Crippen molar-refractivity contribution in [2.75, 3.05) is 23.4 Å². The molecule has 0 saturated carbocycles. The van der Waals surface area contributed by atoms with Crippen molar-refractivity contribution in [2.24, 2.45) is 0 Å². The summed E-state index contributed by atoms with van der Waals surface area (Å²) in [5.41, 5.74) is 1.43. The molecule has 1 N–H and O–H groups in total. The highest BCUT2D eigenvalue weighted by molar-refractivity contribution is 8.19. The van der Waals surface area contributed by atoms with E-state index in [1.807, 2.05) is 47.8 Å². The third kappa shape index (κ3) is 4.42. The number of amides is 1. The van der Waals surface area contributed by atoms with E-state index in [1.54, 1.807) is 0 Å². The summed E-state index contributed by atoms with van der Waals surface area (Å²) in [7, 11) is 0. The van der Waals surface area contributed by atoms with Crippen LogP contribution in [-0.4, -0.2) is 24.0 Å². The average Bonchev–Trinajstić information content (AvgIpc) is 3.11. The molecule has 126 valence electrons. The summed E-state index contributed by atoms with van der Waals surface area (Å²) in [4.78, 5) is 11.8. The Hall–Kier alpha value is -1.73. The van der Waals surface area contributed by atoms with E-state index < -0.39 is 17.5 Å². The van der Waals surface area contributed by atoms with Gasteiger partial charge in [-0.3, -0.25) is 4.79 Å². The number of thioether (sulfide) groups is 2. The van der Waals surface area contributed by atoms with Gasteiger partial charge in [-0.25, -0.2) is 8.78 Å². The predicted octanol–water partition coefficient (Wildman–Crippen LogP) is 4.46. The monoisotopic (exact) mass is 367 g/mol. The summed E-state index contributed by atoms with van der Waals surface area (Å²) in [5.74, 6) is 0.518. The van der Waals surface area contributed by atoms with Crippen molar-refractivity contribution in [1.82, 2.24) is 0 Å². The van der Waals surface area contributed by atoms with Gasteiger partial charge >= 0.3 is 0 Å². The number of hydrogen-bond donors (Lipinski definition) is 1. The van der Waals surface area contributed by atoms with Crippen LogP contribution in [0.5, 0.6) is 5.75 Å². The topological polar surface area (TPSA) is 38.3 Å². The molecule has 3 rings (SSSR count). The second kappa shape index (κ2) is 7.90. The fourth-order valence-electron chi connectivity index (χ4n) is 2.19. The van der Waals surface area contributed by atoms with Gasteiger partial charge in [0.15, 0.2) is 18.2 Å². The number of nitrogens with one attached hydrogen (secondary N) is 1. The Morgan fingerprint density at radius 3 is 2.46 bits per heavy atom. The minimum absolute atomic E-state index is 0.188. The molecule has 2 aromatic rings. The number of carbonyl (C=O) groups is 1. The Kier molecular flexibility index (Phi) is 5.63. The van der Waals surface area contributed by atoms with E-state index in [1.165, 1.54) is 11.6 Å². The van der Waals surface area contributed by atoms with Crippen LogP contribution in [-0.2, 0) is 4.79 Å². The fraction of sp³-hybridized carbons (Fsp3) is 0.235. The van der Waals surface area contributed by atoms with E-state index in [9.17, 15) is 13.6 Å². The van der Waals surface area contributed by atoms with Crippen LogP contribution in [0.2, 0.25) is 0 Å². The third-order valence-corrected chi connectivity index (χ3v) is 6.45. The fourth-order valence-corrected chi connectivity index (χ4v) is 5.05. The van der Waals surface area contributed by atoms with Gasteiger partial charge < -0.3 is 10.1 Å². The van der Waals surface area contributed by atoms with E-state index in [0.717, 1.165) is 23.6 Å². The molecule has 0 radical (unpaired) electrons. The lowest BCUT2D eigenvalue weighted by Gasteiger charge is -2.10. The molecule has 0 bridgehead atoms. The molecular formula is C17H15F2NO2S2. The van der Waals surface area contributed by atoms with Crippen LogP contribution in [0.1, 0.15) is 10.1 Å². The summed E-state index contributed by atoms with van der Waals surface area (Å²) < 4.78 is 31.8. The van der Waals surface area contributed by atoms with Crippen LogP contribution < -0.4 is 10.1 Å². The number of halogens is 2. The van der Waals surface area contributed by atoms with Crippen molar-refractivity contribution in [3.8, 4) is 5.75 Å². The van der Waals surface area contributed by atoms with Gasteiger partial charge in [0, 0.05) is 23.3 Å². The zero-order valence-corrected chi connectivity index (χ0v) is 14.3. The van der Waals surface area contributed by atoms with Crippen molar-refractivity contribution in [1.29, 1.82) is 0 Å². The van der Waals surface area contributed by atoms with Gasteiger partial charge in [0.25, 0.3) is 5.91 Å². The van der Waals surface area contributed by atoms with Crippen molar-refractivity contribution < 1.29 is 18.3 Å². The molecule has 7 heteroatoms. The Balaban J connectivity index is 1.51. The molecule has 2 aromatic carbocycles. The van der Waals surface area contributed by atoms with Gasteiger partial charge in [-0.15, -0.1) is 23.5 Å². The maximum atomic E-state index is 13.1. The van der Waals surface area contributed by atoms with Crippen LogP contribution in [0.15, 0.2) is 42.5 Å². The number of benzene rings is 2. The Morgan fingerprint density at radius 1 is 1.08 bits per heavy atom. The van der Waals surface area contributed by atoms with E-state index in [0.29, 0.717) is 10.3 Å². The van der Waals surface area contributed by atoms with Crippen LogP contribution in [0.4, 0.5) is 14.5 Å². The second-order valence-corrected chi connectivity index (χ2v) is 7.83.